The lowest BCUT2D eigenvalue weighted by molar-refractivity contribution is 0.466. The second-order valence-electron chi connectivity index (χ2n) is 5.73. The smallest absolute Gasteiger partial charge is 0.0386 e. The lowest BCUT2D eigenvalue weighted by Crippen LogP contribution is -2.26. The second kappa shape index (κ2) is 7.99. The molecule has 0 aliphatic rings. The van der Waals surface area contributed by atoms with Gasteiger partial charge in [0.2, 0.25) is 0 Å². The van der Waals surface area contributed by atoms with Gasteiger partial charge < -0.3 is 5.32 Å². The number of aryl methyl sites for hydroxylation is 1. The van der Waals surface area contributed by atoms with Gasteiger partial charge >= 0.3 is 0 Å². The molecule has 0 aliphatic heterocycles. The molecule has 0 fully saturated rings. The van der Waals surface area contributed by atoms with Gasteiger partial charge in [0.15, 0.2) is 0 Å². The van der Waals surface area contributed by atoms with E-state index in [2.05, 4.69) is 80.7 Å². The molecular formula is C20H27N. The Morgan fingerprint density at radius 1 is 0.857 bits per heavy atom. The van der Waals surface area contributed by atoms with Crippen LogP contribution in [0.3, 0.4) is 0 Å². The van der Waals surface area contributed by atoms with Gasteiger partial charge in [-0.25, -0.2) is 0 Å². The molecule has 1 heteroatoms. The van der Waals surface area contributed by atoms with E-state index in [4.69, 9.17) is 0 Å². The molecule has 1 N–H and O–H groups in total. The van der Waals surface area contributed by atoms with Crippen LogP contribution in [0.25, 0.3) is 0 Å². The molecule has 0 saturated heterocycles. The van der Waals surface area contributed by atoms with Crippen LogP contribution in [-0.4, -0.2) is 6.54 Å². The minimum absolute atomic E-state index is 0.373. The molecule has 0 heterocycles. The van der Waals surface area contributed by atoms with E-state index < -0.39 is 0 Å². The van der Waals surface area contributed by atoms with Gasteiger partial charge in [-0.3, -0.25) is 0 Å². The van der Waals surface area contributed by atoms with E-state index >= 15 is 0 Å². The normalized spacial score (nSPS) is 13.9. The van der Waals surface area contributed by atoms with Gasteiger partial charge in [0.25, 0.3) is 0 Å². The molecule has 0 amide bonds. The largest absolute Gasteiger partial charge is 0.309 e. The quantitative estimate of drug-likeness (QED) is 0.745. The average molecular weight is 281 g/mol. The van der Waals surface area contributed by atoms with Crippen molar-refractivity contribution in [2.45, 2.75) is 45.6 Å². The minimum Gasteiger partial charge on any atom is -0.309 e. The predicted molar refractivity (Wildman–Crippen MR) is 91.7 cm³/mol. The molecule has 2 aromatic carbocycles. The van der Waals surface area contributed by atoms with Crippen LogP contribution in [-0.2, 0) is 6.42 Å². The van der Waals surface area contributed by atoms with Gasteiger partial charge in [-0.2, -0.15) is 0 Å². The molecule has 0 saturated carbocycles. The summed E-state index contributed by atoms with van der Waals surface area (Å²) >= 11 is 0. The SMILES string of the molecule is CCCNC(c1ccc(CC)cc1)C(C)c1ccccc1. The summed E-state index contributed by atoms with van der Waals surface area (Å²) in [5.41, 5.74) is 4.18. The fourth-order valence-corrected chi connectivity index (χ4v) is 2.79. The Balaban J connectivity index is 2.24. The molecule has 0 bridgehead atoms. The first-order chi connectivity index (χ1) is 10.3. The molecule has 0 spiro atoms. The average Bonchev–Trinajstić information content (AvgIpc) is 2.56. The fourth-order valence-electron chi connectivity index (χ4n) is 2.79. The lowest BCUT2D eigenvalue weighted by atomic mass is 9.88. The summed E-state index contributed by atoms with van der Waals surface area (Å²) in [5, 5.41) is 3.72. The molecule has 1 nitrogen and oxygen atoms in total. The van der Waals surface area contributed by atoms with E-state index in [9.17, 15) is 0 Å². The number of hydrogen-bond donors (Lipinski definition) is 1. The Kier molecular flexibility index (Phi) is 6.01. The standard InChI is InChI=1S/C20H27N/c1-4-15-21-20(16(3)18-9-7-6-8-10-18)19-13-11-17(5-2)12-14-19/h6-14,16,20-21H,4-5,15H2,1-3H3. The van der Waals surface area contributed by atoms with Crippen LogP contribution in [0.1, 0.15) is 55.8 Å². The van der Waals surface area contributed by atoms with Crippen LogP contribution in [0.5, 0.6) is 0 Å². The van der Waals surface area contributed by atoms with Crippen molar-refractivity contribution in [3.8, 4) is 0 Å². The van der Waals surface area contributed by atoms with Crippen LogP contribution in [0, 0.1) is 0 Å². The summed E-state index contributed by atoms with van der Waals surface area (Å²) in [6, 6.07) is 20.3. The molecule has 2 aromatic rings. The summed E-state index contributed by atoms with van der Waals surface area (Å²) in [6.45, 7) is 7.79. The van der Waals surface area contributed by atoms with Crippen molar-refractivity contribution in [2.75, 3.05) is 6.54 Å². The molecule has 2 atom stereocenters. The van der Waals surface area contributed by atoms with Crippen molar-refractivity contribution in [3.05, 3.63) is 71.3 Å². The van der Waals surface area contributed by atoms with E-state index in [1.54, 1.807) is 0 Å². The maximum absolute atomic E-state index is 3.72. The number of hydrogen-bond acceptors (Lipinski definition) is 1. The summed E-state index contributed by atoms with van der Waals surface area (Å²) in [7, 11) is 0. The minimum atomic E-state index is 0.373. The molecule has 0 aromatic heterocycles. The van der Waals surface area contributed by atoms with Crippen molar-refractivity contribution in [3.63, 3.8) is 0 Å². The predicted octanol–water partition coefficient (Wildman–Crippen LogP) is 5.09. The van der Waals surface area contributed by atoms with Crippen molar-refractivity contribution in [2.24, 2.45) is 0 Å². The number of rotatable bonds is 7. The van der Waals surface area contributed by atoms with E-state index in [1.807, 2.05) is 0 Å². The summed E-state index contributed by atoms with van der Waals surface area (Å²) in [4.78, 5) is 0. The number of benzene rings is 2. The molecule has 0 radical (unpaired) electrons. The third kappa shape index (κ3) is 4.18. The third-order valence-corrected chi connectivity index (χ3v) is 4.19. The zero-order chi connectivity index (χ0) is 15.1. The van der Waals surface area contributed by atoms with Crippen LogP contribution in [0.2, 0.25) is 0 Å². The zero-order valence-electron chi connectivity index (χ0n) is 13.5. The van der Waals surface area contributed by atoms with E-state index in [0.29, 0.717) is 12.0 Å². The highest BCUT2D eigenvalue weighted by atomic mass is 14.9. The summed E-state index contributed by atoms with van der Waals surface area (Å²) < 4.78 is 0. The Morgan fingerprint density at radius 2 is 1.52 bits per heavy atom. The molecule has 21 heavy (non-hydrogen) atoms. The Morgan fingerprint density at radius 3 is 2.10 bits per heavy atom. The first-order valence-corrected chi connectivity index (χ1v) is 8.13. The topological polar surface area (TPSA) is 12.0 Å². The highest BCUT2D eigenvalue weighted by molar-refractivity contribution is 5.30. The maximum Gasteiger partial charge on any atom is 0.0386 e. The van der Waals surface area contributed by atoms with Crippen molar-refractivity contribution in [1.29, 1.82) is 0 Å². The van der Waals surface area contributed by atoms with Gasteiger partial charge in [-0.1, -0.05) is 75.4 Å². The Labute approximate surface area is 129 Å². The van der Waals surface area contributed by atoms with Crippen LogP contribution in [0.15, 0.2) is 54.6 Å². The molecule has 112 valence electrons. The monoisotopic (exact) mass is 281 g/mol. The Hall–Kier alpha value is -1.60. The lowest BCUT2D eigenvalue weighted by Gasteiger charge is -2.26. The fraction of sp³-hybridized carbons (Fsp3) is 0.400. The van der Waals surface area contributed by atoms with Crippen molar-refractivity contribution in [1.82, 2.24) is 5.32 Å². The van der Waals surface area contributed by atoms with Crippen molar-refractivity contribution >= 4 is 0 Å². The van der Waals surface area contributed by atoms with E-state index in [0.717, 1.165) is 19.4 Å². The van der Waals surface area contributed by atoms with Crippen LogP contribution >= 0.6 is 0 Å². The number of nitrogens with one attached hydrogen (secondary N) is 1. The van der Waals surface area contributed by atoms with Crippen LogP contribution < -0.4 is 5.32 Å². The van der Waals surface area contributed by atoms with Crippen molar-refractivity contribution < 1.29 is 0 Å². The van der Waals surface area contributed by atoms with Gasteiger partial charge in [0.1, 0.15) is 0 Å². The summed E-state index contributed by atoms with van der Waals surface area (Å²) in [6.07, 6.45) is 2.26. The molecular weight excluding hydrogens is 254 g/mol. The first-order valence-electron chi connectivity index (χ1n) is 8.13. The highest BCUT2D eigenvalue weighted by Crippen LogP contribution is 2.30. The first kappa shape index (κ1) is 15.8. The second-order valence-corrected chi connectivity index (χ2v) is 5.73. The van der Waals surface area contributed by atoms with Gasteiger partial charge in [0.05, 0.1) is 0 Å². The van der Waals surface area contributed by atoms with Gasteiger partial charge in [-0.15, -0.1) is 0 Å². The highest BCUT2D eigenvalue weighted by Gasteiger charge is 2.19. The molecule has 2 rings (SSSR count). The van der Waals surface area contributed by atoms with Gasteiger partial charge in [-0.05, 0) is 36.1 Å². The molecule has 0 aliphatic carbocycles. The maximum atomic E-state index is 3.72. The molecule has 2 unspecified atom stereocenters. The van der Waals surface area contributed by atoms with Gasteiger partial charge in [0, 0.05) is 12.0 Å². The summed E-state index contributed by atoms with van der Waals surface area (Å²) in [5.74, 6) is 0.463. The third-order valence-electron chi connectivity index (χ3n) is 4.19. The Bertz CT molecular complexity index is 515. The van der Waals surface area contributed by atoms with Crippen LogP contribution in [0.4, 0.5) is 0 Å². The van der Waals surface area contributed by atoms with E-state index in [-0.39, 0.29) is 0 Å². The zero-order valence-corrected chi connectivity index (χ0v) is 13.5. The van der Waals surface area contributed by atoms with E-state index in [1.165, 1.54) is 16.7 Å².